The molecule has 0 atom stereocenters. The molecule has 0 saturated heterocycles. The van der Waals surface area contributed by atoms with Crippen LogP contribution in [-0.4, -0.2) is 30.6 Å². The minimum Gasteiger partial charge on any atom is -0.465 e. The number of carbonyl (C=O) groups is 1. The van der Waals surface area contributed by atoms with Crippen LogP contribution >= 0.6 is 0 Å². The molecule has 0 spiro atoms. The normalized spacial score (nSPS) is 11.1. The third-order valence-electron chi connectivity index (χ3n) is 3.07. The van der Waals surface area contributed by atoms with E-state index in [1.807, 2.05) is 0 Å². The van der Waals surface area contributed by atoms with Gasteiger partial charge in [0.25, 0.3) is 0 Å². The molecule has 0 N–H and O–H groups in total. The largest absolute Gasteiger partial charge is 0.465 e. The fourth-order valence-electron chi connectivity index (χ4n) is 1.97. The number of halogens is 1. The number of hydrogen-bond acceptors (Lipinski definition) is 3. The molecule has 1 rings (SSSR count). The number of benzene rings is 1. The lowest BCUT2D eigenvalue weighted by molar-refractivity contribution is 0.0595. The Kier molecular flexibility index (Phi) is 5.96. The Bertz CT molecular complexity index is 432. The molecule has 106 valence electrons. The van der Waals surface area contributed by atoms with Gasteiger partial charge in [0.2, 0.25) is 0 Å². The van der Waals surface area contributed by atoms with Crippen molar-refractivity contribution in [3.05, 3.63) is 35.1 Å². The van der Waals surface area contributed by atoms with Gasteiger partial charge in [0.15, 0.2) is 0 Å². The van der Waals surface area contributed by atoms with Gasteiger partial charge < -0.3 is 4.74 Å². The van der Waals surface area contributed by atoms with Crippen molar-refractivity contribution in [2.24, 2.45) is 0 Å². The third kappa shape index (κ3) is 4.31. The van der Waals surface area contributed by atoms with Crippen molar-refractivity contribution in [2.75, 3.05) is 13.7 Å². The fraction of sp³-hybridized carbons (Fsp3) is 0.533. The predicted molar refractivity (Wildman–Crippen MR) is 73.6 cm³/mol. The second-order valence-corrected chi connectivity index (χ2v) is 4.87. The van der Waals surface area contributed by atoms with E-state index in [0.29, 0.717) is 12.6 Å². The maximum atomic E-state index is 13.8. The van der Waals surface area contributed by atoms with Crippen molar-refractivity contribution in [3.8, 4) is 0 Å². The molecule has 0 aromatic heterocycles. The molecular weight excluding hydrogens is 245 g/mol. The van der Waals surface area contributed by atoms with Crippen LogP contribution in [-0.2, 0) is 11.3 Å². The molecule has 0 saturated carbocycles. The van der Waals surface area contributed by atoms with Crippen LogP contribution in [0.5, 0.6) is 0 Å². The van der Waals surface area contributed by atoms with Gasteiger partial charge >= 0.3 is 5.97 Å². The number of methoxy groups -OCH3 is 1. The van der Waals surface area contributed by atoms with Gasteiger partial charge in [0, 0.05) is 12.6 Å². The van der Waals surface area contributed by atoms with E-state index in [2.05, 4.69) is 30.4 Å². The lowest BCUT2D eigenvalue weighted by Crippen LogP contribution is -2.31. The SMILES string of the molecule is CCCN(Cc1ccc(C(=O)OC)c(F)c1)C(C)C. The Labute approximate surface area is 114 Å². The summed E-state index contributed by atoms with van der Waals surface area (Å²) in [5.41, 5.74) is 0.852. The van der Waals surface area contributed by atoms with Crippen molar-refractivity contribution >= 4 is 5.97 Å². The molecule has 0 aliphatic heterocycles. The Hall–Kier alpha value is -1.42. The summed E-state index contributed by atoms with van der Waals surface area (Å²) < 4.78 is 18.3. The summed E-state index contributed by atoms with van der Waals surface area (Å²) in [6.07, 6.45) is 1.06. The number of hydrogen-bond donors (Lipinski definition) is 0. The smallest absolute Gasteiger partial charge is 0.340 e. The van der Waals surface area contributed by atoms with Gasteiger partial charge in [-0.25, -0.2) is 9.18 Å². The van der Waals surface area contributed by atoms with Crippen LogP contribution in [0, 0.1) is 5.82 Å². The Morgan fingerprint density at radius 2 is 2.11 bits per heavy atom. The van der Waals surface area contributed by atoms with Crippen LogP contribution < -0.4 is 0 Å². The molecule has 0 radical (unpaired) electrons. The Balaban J connectivity index is 2.85. The Morgan fingerprint density at radius 1 is 1.42 bits per heavy atom. The molecule has 3 nitrogen and oxygen atoms in total. The van der Waals surface area contributed by atoms with Gasteiger partial charge in [-0.2, -0.15) is 0 Å². The highest BCUT2D eigenvalue weighted by atomic mass is 19.1. The van der Waals surface area contributed by atoms with Crippen LogP contribution in [0.3, 0.4) is 0 Å². The molecule has 0 fully saturated rings. The highest BCUT2D eigenvalue weighted by molar-refractivity contribution is 5.89. The zero-order valence-electron chi connectivity index (χ0n) is 12.1. The highest BCUT2D eigenvalue weighted by Crippen LogP contribution is 2.15. The first-order valence-electron chi connectivity index (χ1n) is 6.60. The van der Waals surface area contributed by atoms with Gasteiger partial charge in [-0.05, 0) is 44.5 Å². The molecule has 4 heteroatoms. The first kappa shape index (κ1) is 15.6. The van der Waals surface area contributed by atoms with E-state index in [0.717, 1.165) is 18.5 Å². The third-order valence-corrected chi connectivity index (χ3v) is 3.07. The fourth-order valence-corrected chi connectivity index (χ4v) is 1.97. The second-order valence-electron chi connectivity index (χ2n) is 4.87. The van der Waals surface area contributed by atoms with E-state index < -0.39 is 11.8 Å². The zero-order valence-corrected chi connectivity index (χ0v) is 12.1. The number of carbonyl (C=O) groups excluding carboxylic acids is 1. The molecule has 0 aliphatic rings. The Morgan fingerprint density at radius 3 is 2.58 bits per heavy atom. The minimum atomic E-state index is -0.640. The van der Waals surface area contributed by atoms with E-state index in [1.165, 1.54) is 19.2 Å². The summed E-state index contributed by atoms with van der Waals surface area (Å²) in [6, 6.07) is 5.09. The second kappa shape index (κ2) is 7.24. The van der Waals surface area contributed by atoms with Gasteiger partial charge in [-0.3, -0.25) is 4.90 Å². The lowest BCUT2D eigenvalue weighted by Gasteiger charge is -2.26. The van der Waals surface area contributed by atoms with Crippen LogP contribution in [0.1, 0.15) is 43.1 Å². The first-order valence-corrected chi connectivity index (χ1v) is 6.60. The van der Waals surface area contributed by atoms with Crippen LogP contribution in [0.2, 0.25) is 0 Å². The number of nitrogens with zero attached hydrogens (tertiary/aromatic N) is 1. The lowest BCUT2D eigenvalue weighted by atomic mass is 10.1. The topological polar surface area (TPSA) is 29.5 Å². The maximum Gasteiger partial charge on any atom is 0.340 e. The molecule has 19 heavy (non-hydrogen) atoms. The summed E-state index contributed by atoms with van der Waals surface area (Å²) in [7, 11) is 1.25. The van der Waals surface area contributed by atoms with Crippen LogP contribution in [0.4, 0.5) is 4.39 Å². The summed E-state index contributed by atoms with van der Waals surface area (Å²) in [5, 5.41) is 0. The van der Waals surface area contributed by atoms with E-state index in [9.17, 15) is 9.18 Å². The van der Waals surface area contributed by atoms with Crippen molar-refractivity contribution < 1.29 is 13.9 Å². The van der Waals surface area contributed by atoms with Crippen molar-refractivity contribution in [1.29, 1.82) is 0 Å². The molecule has 1 aromatic rings. The van der Waals surface area contributed by atoms with Gasteiger partial charge in [-0.1, -0.05) is 13.0 Å². The van der Waals surface area contributed by atoms with Crippen molar-refractivity contribution in [3.63, 3.8) is 0 Å². The average molecular weight is 267 g/mol. The quantitative estimate of drug-likeness (QED) is 0.741. The number of esters is 1. The monoisotopic (exact) mass is 267 g/mol. The molecule has 0 bridgehead atoms. The van der Waals surface area contributed by atoms with Gasteiger partial charge in [-0.15, -0.1) is 0 Å². The maximum absolute atomic E-state index is 13.8. The molecule has 0 heterocycles. The summed E-state index contributed by atoms with van der Waals surface area (Å²) in [5.74, 6) is -1.16. The predicted octanol–water partition coefficient (Wildman–Crippen LogP) is 3.23. The van der Waals surface area contributed by atoms with Gasteiger partial charge in [0.1, 0.15) is 5.82 Å². The van der Waals surface area contributed by atoms with E-state index in [-0.39, 0.29) is 5.56 Å². The van der Waals surface area contributed by atoms with Gasteiger partial charge in [0.05, 0.1) is 12.7 Å². The molecule has 1 aromatic carbocycles. The first-order chi connectivity index (χ1) is 8.99. The summed E-state index contributed by atoms with van der Waals surface area (Å²) in [4.78, 5) is 13.6. The minimum absolute atomic E-state index is 0.0159. The standard InChI is InChI=1S/C15H22FNO2/c1-5-8-17(11(2)3)10-12-6-7-13(14(16)9-12)15(18)19-4/h6-7,9,11H,5,8,10H2,1-4H3. The molecule has 0 aliphatic carbocycles. The van der Waals surface area contributed by atoms with Crippen molar-refractivity contribution in [2.45, 2.75) is 39.8 Å². The molecule has 0 unspecified atom stereocenters. The van der Waals surface area contributed by atoms with Crippen molar-refractivity contribution in [1.82, 2.24) is 4.90 Å². The zero-order chi connectivity index (χ0) is 14.4. The van der Waals surface area contributed by atoms with E-state index in [1.54, 1.807) is 6.07 Å². The van der Waals surface area contributed by atoms with E-state index in [4.69, 9.17) is 0 Å². The number of rotatable bonds is 6. The summed E-state index contributed by atoms with van der Waals surface area (Å²) in [6.45, 7) is 8.02. The number of ether oxygens (including phenoxy) is 1. The summed E-state index contributed by atoms with van der Waals surface area (Å²) >= 11 is 0. The molecular formula is C15H22FNO2. The molecule has 0 amide bonds. The average Bonchev–Trinajstić information content (AvgIpc) is 2.37. The highest BCUT2D eigenvalue weighted by Gasteiger charge is 2.14. The van der Waals surface area contributed by atoms with E-state index >= 15 is 0 Å². The van der Waals surface area contributed by atoms with Crippen LogP contribution in [0.15, 0.2) is 18.2 Å². The van der Waals surface area contributed by atoms with Crippen LogP contribution in [0.25, 0.3) is 0 Å².